The van der Waals surface area contributed by atoms with Crippen LogP contribution in [0.15, 0.2) is 40.3 Å². The molecular weight excluding hydrogens is 397 g/mol. The molecule has 1 heterocycles. The van der Waals surface area contributed by atoms with Crippen molar-refractivity contribution in [2.75, 3.05) is 6.61 Å². The fourth-order valence-electron chi connectivity index (χ4n) is 2.67. The van der Waals surface area contributed by atoms with E-state index in [9.17, 15) is 10.1 Å². The van der Waals surface area contributed by atoms with Gasteiger partial charge in [0.05, 0.1) is 11.6 Å². The number of ether oxygens (including phenoxy) is 1. The number of rotatable bonds is 10. The van der Waals surface area contributed by atoms with E-state index in [4.69, 9.17) is 32.4 Å². The second-order valence-electron chi connectivity index (χ2n) is 6.40. The molecule has 2 rings (SSSR count). The summed E-state index contributed by atoms with van der Waals surface area (Å²) in [7, 11) is 0. The lowest BCUT2D eigenvalue weighted by atomic mass is 10.1. The Balaban J connectivity index is 1.95. The highest BCUT2D eigenvalue weighted by Crippen LogP contribution is 2.32. The number of carbonyl (C=O) groups excluding carboxylic acids is 1. The molecule has 0 aliphatic heterocycles. The number of hydrogen-bond donors (Lipinski definition) is 0. The van der Waals surface area contributed by atoms with E-state index >= 15 is 0 Å². The second kappa shape index (κ2) is 11.6. The van der Waals surface area contributed by atoms with Crippen LogP contribution in [-0.2, 0) is 9.53 Å². The summed E-state index contributed by atoms with van der Waals surface area (Å²) < 4.78 is 10.9. The van der Waals surface area contributed by atoms with Crippen LogP contribution in [0.5, 0.6) is 0 Å². The molecule has 0 aliphatic carbocycles. The van der Waals surface area contributed by atoms with Gasteiger partial charge in [0.25, 0.3) is 0 Å². The molecule has 28 heavy (non-hydrogen) atoms. The van der Waals surface area contributed by atoms with Crippen molar-refractivity contribution >= 4 is 35.2 Å². The molecule has 0 saturated carbocycles. The maximum absolute atomic E-state index is 12.1. The van der Waals surface area contributed by atoms with Gasteiger partial charge in [-0.1, -0.05) is 62.2 Å². The van der Waals surface area contributed by atoms with Gasteiger partial charge >= 0.3 is 5.97 Å². The first-order valence-electron chi connectivity index (χ1n) is 9.39. The van der Waals surface area contributed by atoms with Crippen LogP contribution >= 0.6 is 23.2 Å². The highest BCUT2D eigenvalue weighted by atomic mass is 35.5. The van der Waals surface area contributed by atoms with Crippen LogP contribution in [0, 0.1) is 11.3 Å². The molecule has 1 aromatic carbocycles. The average molecular weight is 420 g/mol. The normalized spacial score (nSPS) is 11.3. The van der Waals surface area contributed by atoms with E-state index in [1.165, 1.54) is 25.3 Å². The zero-order valence-electron chi connectivity index (χ0n) is 15.8. The zero-order valence-corrected chi connectivity index (χ0v) is 17.4. The Kier molecular flexibility index (Phi) is 9.13. The minimum atomic E-state index is -0.644. The fraction of sp³-hybridized carbons (Fsp3) is 0.364. The zero-order chi connectivity index (χ0) is 20.4. The SMILES string of the molecule is CCCCCCCCOC(=O)C(C#N)=Cc1ccc(-c2cc(Cl)ccc2Cl)o1. The van der Waals surface area contributed by atoms with Gasteiger partial charge in [0.2, 0.25) is 0 Å². The van der Waals surface area contributed by atoms with Crippen LogP contribution in [0.3, 0.4) is 0 Å². The molecule has 0 N–H and O–H groups in total. The molecule has 0 bridgehead atoms. The Bertz CT molecular complexity index is 865. The number of nitrogens with zero attached hydrogens (tertiary/aromatic N) is 1. The minimum Gasteiger partial charge on any atom is -0.462 e. The van der Waals surface area contributed by atoms with Gasteiger partial charge in [0.1, 0.15) is 23.2 Å². The third kappa shape index (κ3) is 6.74. The Morgan fingerprint density at radius 2 is 1.89 bits per heavy atom. The Labute approximate surface area is 175 Å². The van der Waals surface area contributed by atoms with Crippen LogP contribution in [-0.4, -0.2) is 12.6 Å². The monoisotopic (exact) mass is 419 g/mol. The summed E-state index contributed by atoms with van der Waals surface area (Å²) in [5.74, 6) is 0.213. The summed E-state index contributed by atoms with van der Waals surface area (Å²) in [6, 6.07) is 10.3. The lowest BCUT2D eigenvalue weighted by molar-refractivity contribution is -0.138. The van der Waals surface area contributed by atoms with E-state index in [1.54, 1.807) is 30.3 Å². The van der Waals surface area contributed by atoms with Gasteiger partial charge < -0.3 is 9.15 Å². The van der Waals surface area contributed by atoms with Gasteiger partial charge in [-0.3, -0.25) is 0 Å². The van der Waals surface area contributed by atoms with E-state index < -0.39 is 5.97 Å². The van der Waals surface area contributed by atoms with Gasteiger partial charge in [-0.2, -0.15) is 5.26 Å². The molecule has 0 saturated heterocycles. The molecular formula is C22H23Cl2NO3. The van der Waals surface area contributed by atoms with E-state index in [-0.39, 0.29) is 5.57 Å². The fourth-order valence-corrected chi connectivity index (χ4v) is 3.05. The summed E-state index contributed by atoms with van der Waals surface area (Å²) >= 11 is 12.2. The molecule has 4 nitrogen and oxygen atoms in total. The molecule has 0 unspecified atom stereocenters. The molecule has 6 heteroatoms. The van der Waals surface area contributed by atoms with Crippen LogP contribution in [0.4, 0.5) is 0 Å². The number of furan rings is 1. The summed E-state index contributed by atoms with van der Waals surface area (Å²) in [4.78, 5) is 12.1. The summed E-state index contributed by atoms with van der Waals surface area (Å²) in [6.07, 6.45) is 7.94. The van der Waals surface area contributed by atoms with Crippen LogP contribution in [0.1, 0.15) is 51.2 Å². The molecule has 148 valence electrons. The standard InChI is InChI=1S/C22H23Cl2NO3/c1-2-3-4-5-6-7-12-27-22(26)16(15-25)13-18-9-11-21(28-18)19-14-17(23)8-10-20(19)24/h8-11,13-14H,2-7,12H2,1H3. The number of hydrogen-bond acceptors (Lipinski definition) is 4. The van der Waals surface area contributed by atoms with Crippen molar-refractivity contribution < 1.29 is 13.9 Å². The summed E-state index contributed by atoms with van der Waals surface area (Å²) in [6.45, 7) is 2.48. The predicted molar refractivity (Wildman–Crippen MR) is 112 cm³/mol. The largest absolute Gasteiger partial charge is 0.462 e. The lowest BCUT2D eigenvalue weighted by Gasteiger charge is -2.04. The number of benzene rings is 1. The minimum absolute atomic E-state index is 0.107. The van der Waals surface area contributed by atoms with Crippen LogP contribution in [0.2, 0.25) is 10.0 Å². The van der Waals surface area contributed by atoms with Gasteiger partial charge in [0.15, 0.2) is 0 Å². The van der Waals surface area contributed by atoms with Crippen molar-refractivity contribution in [3.8, 4) is 17.4 Å². The Morgan fingerprint density at radius 3 is 2.64 bits per heavy atom. The highest BCUT2D eigenvalue weighted by Gasteiger charge is 2.13. The van der Waals surface area contributed by atoms with Gasteiger partial charge in [-0.25, -0.2) is 4.79 Å². The average Bonchev–Trinajstić information content (AvgIpc) is 3.15. The lowest BCUT2D eigenvalue weighted by Crippen LogP contribution is -2.07. The number of esters is 1. The van der Waals surface area contributed by atoms with Crippen molar-refractivity contribution in [1.82, 2.24) is 0 Å². The first-order chi connectivity index (χ1) is 13.5. The third-order valence-corrected chi connectivity index (χ3v) is 4.74. The number of halogens is 2. The first kappa shape index (κ1) is 22.1. The molecule has 2 aromatic rings. The second-order valence-corrected chi connectivity index (χ2v) is 7.24. The topological polar surface area (TPSA) is 63.2 Å². The molecule has 0 fully saturated rings. The van der Waals surface area contributed by atoms with E-state index in [1.807, 2.05) is 6.07 Å². The Morgan fingerprint density at radius 1 is 1.14 bits per heavy atom. The summed E-state index contributed by atoms with van der Waals surface area (Å²) in [5, 5.41) is 10.3. The maximum atomic E-state index is 12.1. The van der Waals surface area contributed by atoms with E-state index in [0.29, 0.717) is 33.7 Å². The first-order valence-corrected chi connectivity index (χ1v) is 10.1. The Hall–Kier alpha value is -2.22. The van der Waals surface area contributed by atoms with Crippen molar-refractivity contribution in [3.63, 3.8) is 0 Å². The molecule has 0 amide bonds. The third-order valence-electron chi connectivity index (χ3n) is 4.18. The number of unbranched alkanes of at least 4 members (excludes halogenated alkanes) is 5. The van der Waals surface area contributed by atoms with Crippen molar-refractivity contribution in [3.05, 3.63) is 51.7 Å². The van der Waals surface area contributed by atoms with Crippen molar-refractivity contribution in [1.29, 1.82) is 5.26 Å². The summed E-state index contributed by atoms with van der Waals surface area (Å²) in [5.41, 5.74) is 0.530. The van der Waals surface area contributed by atoms with Crippen molar-refractivity contribution in [2.45, 2.75) is 45.4 Å². The van der Waals surface area contributed by atoms with Gasteiger partial charge in [0, 0.05) is 16.7 Å². The van der Waals surface area contributed by atoms with Gasteiger partial charge in [-0.05, 0) is 36.8 Å². The van der Waals surface area contributed by atoms with Crippen molar-refractivity contribution in [2.24, 2.45) is 0 Å². The van der Waals surface area contributed by atoms with Crippen LogP contribution in [0.25, 0.3) is 17.4 Å². The highest BCUT2D eigenvalue weighted by molar-refractivity contribution is 6.35. The molecule has 1 aromatic heterocycles. The van der Waals surface area contributed by atoms with Crippen LogP contribution < -0.4 is 0 Å². The smallest absolute Gasteiger partial charge is 0.349 e. The predicted octanol–water partition coefficient (Wildman–Crippen LogP) is 7.06. The van der Waals surface area contributed by atoms with Gasteiger partial charge in [-0.15, -0.1) is 0 Å². The maximum Gasteiger partial charge on any atom is 0.349 e. The molecule has 0 atom stereocenters. The molecule has 0 aliphatic rings. The van der Waals surface area contributed by atoms with E-state index in [2.05, 4.69) is 6.92 Å². The number of nitriles is 1. The molecule has 0 radical (unpaired) electrons. The molecule has 0 spiro atoms. The van der Waals surface area contributed by atoms with E-state index in [0.717, 1.165) is 19.3 Å². The number of carbonyl (C=O) groups is 1. The quantitative estimate of drug-likeness (QED) is 0.179.